The van der Waals surface area contributed by atoms with Crippen molar-refractivity contribution in [3.05, 3.63) is 15.8 Å². The summed E-state index contributed by atoms with van der Waals surface area (Å²) in [5, 5.41) is 9.12. The van der Waals surface area contributed by atoms with Crippen molar-refractivity contribution in [1.82, 2.24) is 4.31 Å². The molecule has 0 saturated carbocycles. The lowest BCUT2D eigenvalue weighted by Gasteiger charge is -2.34. The van der Waals surface area contributed by atoms with Crippen LogP contribution in [-0.2, 0) is 21.4 Å². The summed E-state index contributed by atoms with van der Waals surface area (Å²) >= 11 is 1.32. The Morgan fingerprint density at radius 1 is 1.42 bits per heavy atom. The second-order valence-electron chi connectivity index (χ2n) is 4.87. The van der Waals surface area contributed by atoms with Crippen LogP contribution in [0.4, 0.5) is 0 Å². The maximum Gasteiger partial charge on any atom is 0.244 e. The highest BCUT2D eigenvalue weighted by atomic mass is 32.2. The second kappa shape index (κ2) is 5.49. The van der Waals surface area contributed by atoms with Gasteiger partial charge in [0, 0.05) is 22.8 Å². The average Bonchev–Trinajstić information content (AvgIpc) is 2.70. The van der Waals surface area contributed by atoms with Crippen molar-refractivity contribution in [2.45, 2.75) is 44.5 Å². The third-order valence-electron chi connectivity index (χ3n) is 3.08. The van der Waals surface area contributed by atoms with Gasteiger partial charge in [-0.1, -0.05) is 0 Å². The van der Waals surface area contributed by atoms with E-state index in [1.54, 1.807) is 13.0 Å². The predicted molar refractivity (Wildman–Crippen MR) is 73.7 cm³/mol. The first-order valence-electron chi connectivity index (χ1n) is 6.20. The molecular weight excluding hydrogens is 286 g/mol. The van der Waals surface area contributed by atoms with Gasteiger partial charge in [-0.15, -0.1) is 11.3 Å². The maximum atomic E-state index is 12.6. The van der Waals surface area contributed by atoms with Crippen molar-refractivity contribution in [1.29, 1.82) is 0 Å². The molecule has 0 amide bonds. The molecule has 5 nitrogen and oxygen atoms in total. The van der Waals surface area contributed by atoms with Gasteiger partial charge < -0.3 is 9.84 Å². The molecule has 2 heterocycles. The minimum absolute atomic E-state index is 0.102. The number of morpholine rings is 1. The first-order chi connectivity index (χ1) is 8.84. The minimum atomic E-state index is -3.50. The van der Waals surface area contributed by atoms with Gasteiger partial charge in [-0.05, 0) is 26.8 Å². The summed E-state index contributed by atoms with van der Waals surface area (Å²) in [7, 11) is -3.50. The Labute approximate surface area is 117 Å². The van der Waals surface area contributed by atoms with Crippen LogP contribution < -0.4 is 0 Å². The van der Waals surface area contributed by atoms with Gasteiger partial charge in [-0.3, -0.25) is 0 Å². The zero-order chi connectivity index (χ0) is 14.2. The van der Waals surface area contributed by atoms with E-state index in [-0.39, 0.29) is 18.8 Å². The fourth-order valence-corrected chi connectivity index (χ4v) is 5.38. The lowest BCUT2D eigenvalue weighted by Crippen LogP contribution is -2.48. The number of sulfonamides is 1. The standard InChI is InChI=1S/C12H19NO4S2/c1-8-5-13(6-9(2)17-8)19(15,16)12-4-11(7-14)18-10(12)3/h4,8-9,14H,5-7H2,1-3H3/t8-,9+. The molecule has 0 unspecified atom stereocenters. The molecule has 0 radical (unpaired) electrons. The van der Waals surface area contributed by atoms with Gasteiger partial charge in [0.2, 0.25) is 10.0 Å². The molecule has 1 N–H and O–H groups in total. The third kappa shape index (κ3) is 3.00. The van der Waals surface area contributed by atoms with Gasteiger partial charge in [-0.2, -0.15) is 4.31 Å². The van der Waals surface area contributed by atoms with E-state index >= 15 is 0 Å². The Kier molecular flexibility index (Phi) is 4.32. The predicted octanol–water partition coefficient (Wildman–Crippen LogP) is 1.35. The molecule has 0 spiro atoms. The lowest BCUT2D eigenvalue weighted by molar-refractivity contribution is -0.0440. The summed E-state index contributed by atoms with van der Waals surface area (Å²) < 4.78 is 32.3. The minimum Gasteiger partial charge on any atom is -0.391 e. The zero-order valence-electron chi connectivity index (χ0n) is 11.3. The highest BCUT2D eigenvalue weighted by Gasteiger charge is 2.33. The van der Waals surface area contributed by atoms with Crippen molar-refractivity contribution >= 4 is 21.4 Å². The molecule has 1 aliphatic heterocycles. The van der Waals surface area contributed by atoms with E-state index in [0.717, 1.165) is 4.88 Å². The quantitative estimate of drug-likeness (QED) is 0.915. The Morgan fingerprint density at radius 3 is 2.47 bits per heavy atom. The lowest BCUT2D eigenvalue weighted by atomic mass is 10.3. The summed E-state index contributed by atoms with van der Waals surface area (Å²) in [6.07, 6.45) is -0.204. The van der Waals surface area contributed by atoms with Crippen LogP contribution in [-0.4, -0.2) is 43.1 Å². The zero-order valence-corrected chi connectivity index (χ0v) is 12.9. The van der Waals surface area contributed by atoms with Gasteiger partial charge in [-0.25, -0.2) is 8.42 Å². The number of hydrogen-bond acceptors (Lipinski definition) is 5. The fourth-order valence-electron chi connectivity index (χ4n) is 2.32. The number of thiophene rings is 1. The molecule has 1 fully saturated rings. The molecule has 7 heteroatoms. The molecule has 1 aromatic heterocycles. The Morgan fingerprint density at radius 2 is 2.00 bits per heavy atom. The number of ether oxygens (including phenoxy) is 1. The Hall–Kier alpha value is -0.470. The van der Waals surface area contributed by atoms with Crippen LogP contribution in [0.1, 0.15) is 23.6 Å². The fraction of sp³-hybridized carbons (Fsp3) is 0.667. The van der Waals surface area contributed by atoms with Crippen LogP contribution in [0.15, 0.2) is 11.0 Å². The number of nitrogens with zero attached hydrogens (tertiary/aromatic N) is 1. The van der Waals surface area contributed by atoms with Gasteiger partial charge >= 0.3 is 0 Å². The van der Waals surface area contributed by atoms with Crippen LogP contribution in [0.25, 0.3) is 0 Å². The van der Waals surface area contributed by atoms with Crippen molar-refractivity contribution in [2.75, 3.05) is 13.1 Å². The number of rotatable bonds is 3. The summed E-state index contributed by atoms with van der Waals surface area (Å²) in [5.74, 6) is 0. The molecular formula is C12H19NO4S2. The molecule has 108 valence electrons. The van der Waals surface area contributed by atoms with E-state index in [1.165, 1.54) is 15.6 Å². The molecule has 1 saturated heterocycles. The van der Waals surface area contributed by atoms with Crippen LogP contribution in [0, 0.1) is 6.92 Å². The molecule has 1 aliphatic rings. The van der Waals surface area contributed by atoms with Crippen LogP contribution in [0.2, 0.25) is 0 Å². The van der Waals surface area contributed by atoms with Crippen molar-refractivity contribution in [3.63, 3.8) is 0 Å². The maximum absolute atomic E-state index is 12.6. The molecule has 0 aliphatic carbocycles. The summed E-state index contributed by atoms with van der Waals surface area (Å²) in [6.45, 7) is 6.13. The second-order valence-corrected chi connectivity index (χ2v) is 8.12. The van der Waals surface area contributed by atoms with Crippen LogP contribution in [0.5, 0.6) is 0 Å². The topological polar surface area (TPSA) is 66.8 Å². The summed E-state index contributed by atoms with van der Waals surface area (Å²) in [5.41, 5.74) is 0. The summed E-state index contributed by atoms with van der Waals surface area (Å²) in [6, 6.07) is 1.57. The van der Waals surface area contributed by atoms with Crippen LogP contribution >= 0.6 is 11.3 Å². The molecule has 1 aromatic rings. The van der Waals surface area contributed by atoms with E-state index in [9.17, 15) is 8.42 Å². The van der Waals surface area contributed by atoms with E-state index in [4.69, 9.17) is 9.84 Å². The van der Waals surface area contributed by atoms with Crippen molar-refractivity contribution in [2.24, 2.45) is 0 Å². The number of aliphatic hydroxyl groups excluding tert-OH is 1. The van der Waals surface area contributed by atoms with Gasteiger partial charge in [0.25, 0.3) is 0 Å². The van der Waals surface area contributed by atoms with Gasteiger partial charge in [0.15, 0.2) is 0 Å². The Balaban J connectivity index is 2.33. The molecule has 0 bridgehead atoms. The molecule has 2 atom stereocenters. The smallest absolute Gasteiger partial charge is 0.244 e. The summed E-state index contributed by atoms with van der Waals surface area (Å²) in [4.78, 5) is 1.70. The van der Waals surface area contributed by atoms with Crippen LogP contribution in [0.3, 0.4) is 0 Å². The van der Waals surface area contributed by atoms with E-state index in [0.29, 0.717) is 22.9 Å². The number of aliphatic hydroxyl groups is 1. The number of hydrogen-bond donors (Lipinski definition) is 1. The molecule has 19 heavy (non-hydrogen) atoms. The SMILES string of the molecule is Cc1sc(CO)cc1S(=O)(=O)N1C[C@@H](C)O[C@@H](C)C1. The van der Waals surface area contributed by atoms with Gasteiger partial charge in [0.05, 0.1) is 23.7 Å². The first-order valence-corrected chi connectivity index (χ1v) is 8.46. The third-order valence-corrected chi connectivity index (χ3v) is 6.21. The molecule has 0 aromatic carbocycles. The average molecular weight is 305 g/mol. The highest BCUT2D eigenvalue weighted by molar-refractivity contribution is 7.89. The largest absolute Gasteiger partial charge is 0.391 e. The monoisotopic (exact) mass is 305 g/mol. The van der Waals surface area contributed by atoms with E-state index in [1.807, 2.05) is 13.8 Å². The van der Waals surface area contributed by atoms with Crippen molar-refractivity contribution in [3.8, 4) is 0 Å². The Bertz CT molecular complexity index is 542. The normalized spacial score (nSPS) is 25.7. The van der Waals surface area contributed by atoms with Gasteiger partial charge in [0.1, 0.15) is 0 Å². The van der Waals surface area contributed by atoms with Crippen molar-refractivity contribution < 1.29 is 18.3 Å². The first kappa shape index (κ1) is 14.9. The number of aryl methyl sites for hydroxylation is 1. The van der Waals surface area contributed by atoms with E-state index < -0.39 is 10.0 Å². The van der Waals surface area contributed by atoms with E-state index in [2.05, 4.69) is 0 Å². The highest BCUT2D eigenvalue weighted by Crippen LogP contribution is 2.29. The molecule has 2 rings (SSSR count).